The molecule has 1 unspecified atom stereocenters. The zero-order valence-corrected chi connectivity index (χ0v) is 10.9. The Labute approximate surface area is 96.8 Å². The molecule has 0 bridgehead atoms. The van der Waals surface area contributed by atoms with Gasteiger partial charge >= 0.3 is 6.09 Å². The van der Waals surface area contributed by atoms with Gasteiger partial charge in [-0.15, -0.1) is 0 Å². The van der Waals surface area contributed by atoms with Crippen LogP contribution in [0.3, 0.4) is 0 Å². The fraction of sp³-hybridized carbons (Fsp3) is 0.909. The minimum atomic E-state index is -1.16. The lowest BCUT2D eigenvalue weighted by Gasteiger charge is -2.36. The van der Waals surface area contributed by atoms with Gasteiger partial charge in [0, 0.05) is 0 Å². The third kappa shape index (κ3) is 4.37. The van der Waals surface area contributed by atoms with Crippen molar-refractivity contribution >= 4 is 6.09 Å². The van der Waals surface area contributed by atoms with E-state index in [4.69, 9.17) is 4.74 Å². The minimum absolute atomic E-state index is 0.0993. The Hall–Kier alpha value is -0.810. The summed E-state index contributed by atoms with van der Waals surface area (Å²) in [4.78, 5) is 11.4. The number of carbonyl (C=O) groups is 1. The second-order valence-electron chi connectivity index (χ2n) is 5.29. The van der Waals surface area contributed by atoms with E-state index in [1.807, 2.05) is 0 Å². The molecule has 0 radical (unpaired) electrons. The van der Waals surface area contributed by atoms with Crippen molar-refractivity contribution in [3.63, 3.8) is 0 Å². The van der Waals surface area contributed by atoms with Crippen LogP contribution in [0, 0.1) is 5.92 Å². The van der Waals surface area contributed by atoms with Crippen LogP contribution in [0.1, 0.15) is 41.5 Å². The van der Waals surface area contributed by atoms with Gasteiger partial charge in [-0.3, -0.25) is 5.32 Å². The Balaban J connectivity index is 4.36. The van der Waals surface area contributed by atoms with Gasteiger partial charge in [0.15, 0.2) is 0 Å². The number of hydrogen-bond donors (Lipinski definition) is 3. The standard InChI is InChI=1S/C11H23NO4/c1-7(2)8(13)12-9(14)16-11(5,6)10(3,4)15/h7-8,13,15H,1-6H3,(H,12,14). The first-order valence-corrected chi connectivity index (χ1v) is 5.37. The Morgan fingerprint density at radius 1 is 1.25 bits per heavy atom. The molecule has 0 aliphatic carbocycles. The average Bonchev–Trinajstić information content (AvgIpc) is 1.99. The smallest absolute Gasteiger partial charge is 0.409 e. The first kappa shape index (κ1) is 15.2. The van der Waals surface area contributed by atoms with Crippen molar-refractivity contribution in [3.8, 4) is 0 Å². The summed E-state index contributed by atoms with van der Waals surface area (Å²) in [6.07, 6.45) is -1.70. The fourth-order valence-electron chi connectivity index (χ4n) is 0.674. The molecule has 1 atom stereocenters. The van der Waals surface area contributed by atoms with Gasteiger partial charge in [0.1, 0.15) is 11.8 Å². The van der Waals surface area contributed by atoms with Crippen LogP contribution >= 0.6 is 0 Å². The number of aliphatic hydroxyl groups excluding tert-OH is 1. The zero-order valence-electron chi connectivity index (χ0n) is 10.9. The monoisotopic (exact) mass is 233 g/mol. The molecule has 0 fully saturated rings. The number of amides is 1. The maximum Gasteiger partial charge on any atom is 0.409 e. The summed E-state index contributed by atoms with van der Waals surface area (Å²) in [6.45, 7) is 9.86. The number of hydrogen-bond acceptors (Lipinski definition) is 4. The molecule has 1 amide bonds. The molecular formula is C11H23NO4. The predicted octanol–water partition coefficient (Wildman–Crippen LogP) is 1.24. The van der Waals surface area contributed by atoms with Crippen LogP contribution in [0.2, 0.25) is 0 Å². The Bertz CT molecular complexity index is 243. The average molecular weight is 233 g/mol. The van der Waals surface area contributed by atoms with Crippen molar-refractivity contribution in [3.05, 3.63) is 0 Å². The number of aliphatic hydroxyl groups is 2. The lowest BCUT2D eigenvalue weighted by Crippen LogP contribution is -2.51. The van der Waals surface area contributed by atoms with Gasteiger partial charge in [-0.05, 0) is 33.6 Å². The quantitative estimate of drug-likeness (QED) is 0.638. The molecule has 0 aromatic rings. The summed E-state index contributed by atoms with van der Waals surface area (Å²) in [5, 5.41) is 21.5. The molecule has 0 spiro atoms. The van der Waals surface area contributed by atoms with E-state index in [2.05, 4.69) is 5.32 Å². The summed E-state index contributed by atoms with van der Waals surface area (Å²) in [6, 6.07) is 0. The largest absolute Gasteiger partial charge is 0.440 e. The molecule has 3 N–H and O–H groups in total. The zero-order chi connectivity index (χ0) is 13.1. The predicted molar refractivity (Wildman–Crippen MR) is 60.8 cm³/mol. The van der Waals surface area contributed by atoms with E-state index < -0.39 is 23.5 Å². The number of carbonyl (C=O) groups excluding carboxylic acids is 1. The molecule has 5 heteroatoms. The Morgan fingerprint density at radius 3 is 2.00 bits per heavy atom. The molecule has 0 aromatic heterocycles. The molecule has 0 saturated carbocycles. The van der Waals surface area contributed by atoms with Crippen LogP contribution in [0.15, 0.2) is 0 Å². The van der Waals surface area contributed by atoms with E-state index in [1.165, 1.54) is 0 Å². The van der Waals surface area contributed by atoms with Crippen LogP contribution < -0.4 is 5.32 Å². The van der Waals surface area contributed by atoms with Crippen molar-refractivity contribution in [1.29, 1.82) is 0 Å². The molecule has 0 rings (SSSR count). The van der Waals surface area contributed by atoms with Crippen LogP contribution in [0.4, 0.5) is 4.79 Å². The second kappa shape index (κ2) is 5.01. The maximum atomic E-state index is 11.4. The molecule has 0 aliphatic heterocycles. The molecule has 16 heavy (non-hydrogen) atoms. The summed E-state index contributed by atoms with van der Waals surface area (Å²) in [5.41, 5.74) is -2.19. The third-order valence-corrected chi connectivity index (χ3v) is 2.72. The van der Waals surface area contributed by atoms with Crippen LogP contribution in [0.25, 0.3) is 0 Å². The van der Waals surface area contributed by atoms with Crippen molar-refractivity contribution in [1.82, 2.24) is 5.32 Å². The van der Waals surface area contributed by atoms with Crippen molar-refractivity contribution in [2.75, 3.05) is 0 Å². The highest BCUT2D eigenvalue weighted by molar-refractivity contribution is 5.68. The normalized spacial score (nSPS) is 14.8. The van der Waals surface area contributed by atoms with Crippen LogP contribution in [-0.4, -0.2) is 33.7 Å². The van der Waals surface area contributed by atoms with Gasteiger partial charge in [0.05, 0.1) is 5.60 Å². The Morgan fingerprint density at radius 2 is 1.69 bits per heavy atom. The Kier molecular flexibility index (Phi) is 4.76. The molecule has 0 aliphatic rings. The highest BCUT2D eigenvalue weighted by atomic mass is 16.6. The number of rotatable bonds is 4. The van der Waals surface area contributed by atoms with Crippen molar-refractivity contribution in [2.24, 2.45) is 5.92 Å². The molecule has 0 heterocycles. The first-order chi connectivity index (χ1) is 6.97. The molecule has 96 valence electrons. The van der Waals surface area contributed by atoms with Gasteiger partial charge in [-0.1, -0.05) is 13.8 Å². The third-order valence-electron chi connectivity index (χ3n) is 2.72. The van der Waals surface area contributed by atoms with E-state index in [9.17, 15) is 15.0 Å². The lowest BCUT2D eigenvalue weighted by molar-refractivity contribution is -0.114. The maximum absolute atomic E-state index is 11.4. The summed E-state index contributed by atoms with van der Waals surface area (Å²) in [7, 11) is 0. The molecule has 5 nitrogen and oxygen atoms in total. The van der Waals surface area contributed by atoms with E-state index in [0.29, 0.717) is 0 Å². The minimum Gasteiger partial charge on any atom is -0.440 e. The van der Waals surface area contributed by atoms with E-state index in [1.54, 1.807) is 41.5 Å². The summed E-state index contributed by atoms with van der Waals surface area (Å²) < 4.78 is 5.06. The number of alkyl carbamates (subject to hydrolysis) is 1. The van der Waals surface area contributed by atoms with Gasteiger partial charge in [0.25, 0.3) is 0 Å². The van der Waals surface area contributed by atoms with E-state index in [0.717, 1.165) is 0 Å². The molecular weight excluding hydrogens is 210 g/mol. The van der Waals surface area contributed by atoms with Gasteiger partial charge in [0.2, 0.25) is 0 Å². The van der Waals surface area contributed by atoms with E-state index in [-0.39, 0.29) is 5.92 Å². The van der Waals surface area contributed by atoms with Crippen LogP contribution in [0.5, 0.6) is 0 Å². The topological polar surface area (TPSA) is 78.8 Å². The van der Waals surface area contributed by atoms with Gasteiger partial charge in [-0.2, -0.15) is 0 Å². The van der Waals surface area contributed by atoms with Gasteiger partial charge < -0.3 is 14.9 Å². The lowest BCUT2D eigenvalue weighted by atomic mass is 9.90. The fourth-order valence-corrected chi connectivity index (χ4v) is 0.674. The summed E-state index contributed by atoms with van der Waals surface area (Å²) in [5.74, 6) is -0.0993. The number of nitrogens with one attached hydrogen (secondary N) is 1. The second-order valence-corrected chi connectivity index (χ2v) is 5.29. The van der Waals surface area contributed by atoms with E-state index >= 15 is 0 Å². The van der Waals surface area contributed by atoms with Crippen molar-refractivity contribution in [2.45, 2.75) is 59.0 Å². The SMILES string of the molecule is CC(C)C(O)NC(=O)OC(C)(C)C(C)(C)O. The highest BCUT2D eigenvalue weighted by Gasteiger charge is 2.39. The molecule has 0 aromatic carbocycles. The first-order valence-electron chi connectivity index (χ1n) is 5.37. The van der Waals surface area contributed by atoms with Gasteiger partial charge in [-0.25, -0.2) is 4.79 Å². The van der Waals surface area contributed by atoms with Crippen LogP contribution in [-0.2, 0) is 4.74 Å². The molecule has 0 saturated heterocycles. The van der Waals surface area contributed by atoms with Crippen molar-refractivity contribution < 1.29 is 19.7 Å². The summed E-state index contributed by atoms with van der Waals surface area (Å²) >= 11 is 0. The highest BCUT2D eigenvalue weighted by Crippen LogP contribution is 2.24. The number of ether oxygens (including phenoxy) is 1.